The molecule has 2 aliphatic carbocycles. The fourth-order valence-electron chi connectivity index (χ4n) is 6.36. The smallest absolute Gasteiger partial charge is 0.410 e. The summed E-state index contributed by atoms with van der Waals surface area (Å²) in [6.45, 7) is 1.30. The summed E-state index contributed by atoms with van der Waals surface area (Å²) >= 11 is 0. The van der Waals surface area contributed by atoms with E-state index in [9.17, 15) is 10.1 Å². The third kappa shape index (κ3) is 3.67. The monoisotopic (exact) mass is 488 g/mol. The van der Waals surface area contributed by atoms with Crippen molar-refractivity contribution >= 4 is 11.7 Å². The number of rotatable bonds is 4. The first-order chi connectivity index (χ1) is 18.2. The second kappa shape index (κ2) is 8.61. The van der Waals surface area contributed by atoms with Gasteiger partial charge in [0.15, 0.2) is 0 Å². The number of ether oxygens (including phenoxy) is 2. The molecule has 0 spiro atoms. The van der Waals surface area contributed by atoms with Gasteiger partial charge in [0, 0.05) is 5.92 Å². The molecule has 2 fully saturated rings. The highest BCUT2D eigenvalue weighted by Crippen LogP contribution is 2.48. The van der Waals surface area contributed by atoms with Crippen LogP contribution in [-0.4, -0.2) is 42.9 Å². The van der Waals surface area contributed by atoms with Gasteiger partial charge >= 0.3 is 6.09 Å². The lowest BCUT2D eigenvalue weighted by molar-refractivity contribution is -0.0331. The van der Waals surface area contributed by atoms with Gasteiger partial charge in [0.05, 0.1) is 36.8 Å². The number of amides is 1. The van der Waals surface area contributed by atoms with Gasteiger partial charge < -0.3 is 9.47 Å². The largest absolute Gasteiger partial charge is 0.448 e. The lowest BCUT2D eigenvalue weighted by atomic mass is 9.88. The van der Waals surface area contributed by atoms with Gasteiger partial charge in [0.1, 0.15) is 6.61 Å². The standard InChI is InChI=1S/C32H28N2O3/c33-20-32(13-14-32)23-11-9-21(10-12-23)22-15-24-17-36-18-25(16-22)34(24)31(35)37-19-30-28-7-3-1-5-26(28)27-6-2-4-8-29(27)30/h1-12,15,24-25,30H,13-14,16-19H2. The van der Waals surface area contributed by atoms with Crippen molar-refractivity contribution < 1.29 is 14.3 Å². The van der Waals surface area contributed by atoms with E-state index >= 15 is 0 Å². The zero-order valence-electron chi connectivity index (χ0n) is 20.6. The third-order valence-electron chi connectivity index (χ3n) is 8.52. The number of nitriles is 1. The van der Waals surface area contributed by atoms with Crippen LogP contribution in [0.3, 0.4) is 0 Å². The lowest BCUT2D eigenvalue weighted by Gasteiger charge is -2.44. The second-order valence-electron chi connectivity index (χ2n) is 10.6. The topological polar surface area (TPSA) is 62.6 Å². The quantitative estimate of drug-likeness (QED) is 0.449. The van der Waals surface area contributed by atoms with Crippen molar-refractivity contribution in [3.63, 3.8) is 0 Å². The van der Waals surface area contributed by atoms with Crippen molar-refractivity contribution in [2.24, 2.45) is 0 Å². The average Bonchev–Trinajstić information content (AvgIpc) is 3.68. The molecule has 7 rings (SSSR count). The molecular formula is C32H28N2O3. The number of hydrogen-bond acceptors (Lipinski definition) is 4. The number of fused-ring (bicyclic) bond motifs is 5. The van der Waals surface area contributed by atoms with Gasteiger partial charge in [-0.15, -0.1) is 0 Å². The van der Waals surface area contributed by atoms with E-state index in [1.54, 1.807) is 0 Å². The highest BCUT2D eigenvalue weighted by atomic mass is 16.6. The molecule has 1 amide bonds. The number of morpholine rings is 1. The number of benzene rings is 3. The van der Waals surface area contributed by atoms with E-state index in [0.29, 0.717) is 19.8 Å². The van der Waals surface area contributed by atoms with Crippen LogP contribution in [0.5, 0.6) is 0 Å². The maximum absolute atomic E-state index is 13.4. The van der Waals surface area contributed by atoms with Crippen LogP contribution < -0.4 is 0 Å². The fourth-order valence-corrected chi connectivity index (χ4v) is 6.36. The van der Waals surface area contributed by atoms with Gasteiger partial charge in [-0.2, -0.15) is 5.26 Å². The Kier molecular flexibility index (Phi) is 5.19. The van der Waals surface area contributed by atoms with E-state index < -0.39 is 0 Å². The summed E-state index contributed by atoms with van der Waals surface area (Å²) in [4.78, 5) is 15.3. The summed E-state index contributed by atoms with van der Waals surface area (Å²) in [5.74, 6) is 0.0463. The summed E-state index contributed by atoms with van der Waals surface area (Å²) in [6.07, 6.45) is 4.51. The van der Waals surface area contributed by atoms with E-state index in [-0.39, 0.29) is 29.5 Å². The van der Waals surface area contributed by atoms with Crippen LogP contribution in [0.25, 0.3) is 16.7 Å². The van der Waals surface area contributed by atoms with Crippen molar-refractivity contribution in [2.45, 2.75) is 42.7 Å². The normalized spacial score (nSPS) is 22.9. The maximum Gasteiger partial charge on any atom is 0.410 e. The minimum atomic E-state index is -0.273. The molecule has 1 saturated heterocycles. The molecule has 4 aliphatic rings. The summed E-state index contributed by atoms with van der Waals surface area (Å²) in [5.41, 5.74) is 8.11. The van der Waals surface area contributed by atoms with Crippen LogP contribution in [-0.2, 0) is 14.9 Å². The van der Waals surface area contributed by atoms with Crippen LogP contribution in [0.4, 0.5) is 4.79 Å². The van der Waals surface area contributed by atoms with Crippen molar-refractivity contribution in [3.05, 3.63) is 101 Å². The number of carbonyl (C=O) groups is 1. The van der Waals surface area contributed by atoms with Gasteiger partial charge in [-0.1, -0.05) is 78.9 Å². The molecule has 2 aliphatic heterocycles. The van der Waals surface area contributed by atoms with Crippen molar-refractivity contribution in [1.29, 1.82) is 5.26 Å². The first-order valence-corrected chi connectivity index (χ1v) is 13.1. The molecule has 0 radical (unpaired) electrons. The van der Waals surface area contributed by atoms with Crippen molar-refractivity contribution in [3.8, 4) is 17.2 Å². The first-order valence-electron chi connectivity index (χ1n) is 13.1. The molecule has 37 heavy (non-hydrogen) atoms. The van der Waals surface area contributed by atoms with Gasteiger partial charge in [0.25, 0.3) is 0 Å². The molecule has 2 atom stereocenters. The Balaban J connectivity index is 1.09. The highest BCUT2D eigenvalue weighted by Gasteiger charge is 2.45. The molecule has 1 saturated carbocycles. The summed E-state index contributed by atoms with van der Waals surface area (Å²) < 4.78 is 11.8. The predicted octanol–water partition coefficient (Wildman–Crippen LogP) is 6.05. The molecule has 3 aromatic rings. The minimum Gasteiger partial charge on any atom is -0.448 e. The van der Waals surface area contributed by atoms with Gasteiger partial charge in [-0.05, 0) is 58.2 Å². The molecule has 0 N–H and O–H groups in total. The summed E-state index contributed by atoms with van der Waals surface area (Å²) in [6, 6.07) is 27.5. The maximum atomic E-state index is 13.4. The van der Waals surface area contributed by atoms with E-state index in [0.717, 1.165) is 30.4 Å². The predicted molar refractivity (Wildman–Crippen MR) is 141 cm³/mol. The zero-order chi connectivity index (χ0) is 25.0. The van der Waals surface area contributed by atoms with Crippen molar-refractivity contribution in [2.75, 3.05) is 19.8 Å². The minimum absolute atomic E-state index is 0.0463. The molecule has 5 nitrogen and oxygen atoms in total. The summed E-state index contributed by atoms with van der Waals surface area (Å²) in [7, 11) is 0. The van der Waals surface area contributed by atoms with Gasteiger partial charge in [-0.3, -0.25) is 4.90 Å². The fraction of sp³-hybridized carbons (Fsp3) is 0.312. The molecule has 184 valence electrons. The van der Waals surface area contributed by atoms with Crippen molar-refractivity contribution in [1.82, 2.24) is 4.90 Å². The van der Waals surface area contributed by atoms with Gasteiger partial charge in [-0.25, -0.2) is 4.79 Å². The lowest BCUT2D eigenvalue weighted by Crippen LogP contribution is -2.56. The van der Waals surface area contributed by atoms with Gasteiger partial charge in [0.2, 0.25) is 0 Å². The first kappa shape index (κ1) is 22.3. The third-order valence-corrected chi connectivity index (χ3v) is 8.52. The molecule has 5 heteroatoms. The Morgan fingerprint density at radius 3 is 2.27 bits per heavy atom. The molecular weight excluding hydrogens is 460 g/mol. The molecule has 2 bridgehead atoms. The molecule has 0 aromatic heterocycles. The zero-order valence-corrected chi connectivity index (χ0v) is 20.6. The molecule has 2 heterocycles. The Bertz CT molecular complexity index is 1400. The van der Waals surface area contributed by atoms with Crippen LogP contribution in [0.1, 0.15) is 47.4 Å². The van der Waals surface area contributed by atoms with E-state index in [4.69, 9.17) is 9.47 Å². The van der Waals surface area contributed by atoms with E-state index in [1.165, 1.54) is 27.8 Å². The number of nitrogens with zero attached hydrogens (tertiary/aromatic N) is 2. The summed E-state index contributed by atoms with van der Waals surface area (Å²) in [5, 5.41) is 9.50. The SMILES string of the molecule is N#CC1(c2ccc(C3=CC4COCC(C3)N4C(=O)OCC3c4ccccc4-c4ccccc43)cc2)CC1. The number of hydrogen-bond donors (Lipinski definition) is 0. The Morgan fingerprint density at radius 2 is 1.65 bits per heavy atom. The van der Waals surface area contributed by atoms with E-state index in [1.807, 2.05) is 4.90 Å². The highest BCUT2D eigenvalue weighted by molar-refractivity contribution is 5.79. The second-order valence-corrected chi connectivity index (χ2v) is 10.6. The number of carbonyl (C=O) groups excluding carboxylic acids is 1. The van der Waals surface area contributed by atoms with Crippen LogP contribution in [0.2, 0.25) is 0 Å². The average molecular weight is 489 g/mol. The molecule has 2 unspecified atom stereocenters. The Hall–Kier alpha value is -3.88. The van der Waals surface area contributed by atoms with E-state index in [2.05, 4.69) is 84.9 Å². The van der Waals surface area contributed by atoms with Crippen LogP contribution >= 0.6 is 0 Å². The van der Waals surface area contributed by atoms with Crippen LogP contribution in [0, 0.1) is 11.3 Å². The molecule has 3 aromatic carbocycles. The Labute approximate surface area is 216 Å². The Morgan fingerprint density at radius 1 is 0.973 bits per heavy atom. The van der Waals surface area contributed by atoms with Crippen LogP contribution in [0.15, 0.2) is 78.9 Å².